The lowest BCUT2D eigenvalue weighted by atomic mass is 10.1. The zero-order chi connectivity index (χ0) is 10.6. The van der Waals surface area contributed by atoms with Crippen LogP contribution in [-0.2, 0) is 4.74 Å². The molecule has 3 heteroatoms. The number of ether oxygens (including phenoxy) is 1. The Bertz CT molecular complexity index is 159. The van der Waals surface area contributed by atoms with E-state index in [9.17, 15) is 5.11 Å². The molecule has 1 fully saturated rings. The van der Waals surface area contributed by atoms with E-state index in [0.29, 0.717) is 12.6 Å². The van der Waals surface area contributed by atoms with Gasteiger partial charge in [-0.3, -0.25) is 0 Å². The Labute approximate surface area is 86.8 Å². The molecule has 1 rings (SSSR count). The van der Waals surface area contributed by atoms with Gasteiger partial charge >= 0.3 is 0 Å². The minimum absolute atomic E-state index is 0.0944. The van der Waals surface area contributed by atoms with Crippen LogP contribution in [0.15, 0.2) is 0 Å². The number of aliphatic hydroxyl groups is 1. The molecule has 0 bridgehead atoms. The van der Waals surface area contributed by atoms with Gasteiger partial charge in [-0.05, 0) is 46.6 Å². The van der Waals surface area contributed by atoms with E-state index in [1.807, 2.05) is 20.8 Å². The van der Waals surface area contributed by atoms with Crippen molar-refractivity contribution in [2.24, 2.45) is 0 Å². The van der Waals surface area contributed by atoms with Crippen molar-refractivity contribution in [1.82, 2.24) is 5.32 Å². The van der Waals surface area contributed by atoms with Gasteiger partial charge in [0.2, 0.25) is 0 Å². The molecule has 3 nitrogen and oxygen atoms in total. The van der Waals surface area contributed by atoms with E-state index >= 15 is 0 Å². The molecule has 0 spiro atoms. The Kier molecular flexibility index (Phi) is 4.35. The molecule has 0 radical (unpaired) electrons. The topological polar surface area (TPSA) is 41.5 Å². The Morgan fingerprint density at radius 3 is 2.71 bits per heavy atom. The molecule has 14 heavy (non-hydrogen) atoms. The van der Waals surface area contributed by atoms with Crippen LogP contribution >= 0.6 is 0 Å². The first-order valence-electron chi connectivity index (χ1n) is 5.54. The molecule has 1 aliphatic heterocycles. The highest BCUT2D eigenvalue weighted by molar-refractivity contribution is 4.81. The van der Waals surface area contributed by atoms with E-state index in [2.05, 4.69) is 5.32 Å². The second-order valence-corrected chi connectivity index (χ2v) is 5.02. The molecule has 2 atom stereocenters. The first-order chi connectivity index (χ1) is 6.49. The minimum Gasteiger partial charge on any atom is -0.391 e. The van der Waals surface area contributed by atoms with Gasteiger partial charge in [-0.2, -0.15) is 0 Å². The molecule has 0 aromatic rings. The third-order valence-corrected chi connectivity index (χ3v) is 2.51. The summed E-state index contributed by atoms with van der Waals surface area (Å²) < 4.78 is 5.57. The number of hydrogen-bond acceptors (Lipinski definition) is 3. The summed E-state index contributed by atoms with van der Waals surface area (Å²) in [6, 6.07) is 0.290. The molecule has 0 saturated carbocycles. The van der Waals surface area contributed by atoms with Crippen molar-refractivity contribution in [3.63, 3.8) is 0 Å². The summed E-state index contributed by atoms with van der Waals surface area (Å²) in [7, 11) is 0. The summed E-state index contributed by atoms with van der Waals surface area (Å²) in [5.41, 5.74) is -0.0944. The second-order valence-electron chi connectivity index (χ2n) is 5.02. The van der Waals surface area contributed by atoms with Gasteiger partial charge < -0.3 is 15.2 Å². The Hall–Kier alpha value is -0.120. The van der Waals surface area contributed by atoms with Crippen molar-refractivity contribution in [2.75, 3.05) is 13.2 Å². The Balaban J connectivity index is 2.11. The summed E-state index contributed by atoms with van der Waals surface area (Å²) in [5.74, 6) is 0. The lowest BCUT2D eigenvalue weighted by Gasteiger charge is -2.23. The quantitative estimate of drug-likeness (QED) is 0.720. The fourth-order valence-electron chi connectivity index (χ4n) is 1.73. The average Bonchev–Trinajstić information content (AvgIpc) is 2.53. The van der Waals surface area contributed by atoms with Crippen molar-refractivity contribution in [2.45, 2.75) is 57.8 Å². The molecular weight excluding hydrogens is 178 g/mol. The van der Waals surface area contributed by atoms with Crippen molar-refractivity contribution in [3.05, 3.63) is 0 Å². The van der Waals surface area contributed by atoms with Crippen molar-refractivity contribution in [1.29, 1.82) is 0 Å². The summed E-state index contributed by atoms with van der Waals surface area (Å²) in [4.78, 5) is 0. The maximum Gasteiger partial charge on any atom is 0.0715 e. The van der Waals surface area contributed by atoms with Gasteiger partial charge in [-0.15, -0.1) is 0 Å². The molecule has 2 N–H and O–H groups in total. The standard InChI is InChI=1S/C11H23NO2/c1-11(2,3)14-8-6-10(13)9-5-4-7-12-9/h9-10,12-13H,4-8H2,1-3H3. The smallest absolute Gasteiger partial charge is 0.0715 e. The number of nitrogens with one attached hydrogen (secondary N) is 1. The fraction of sp³-hybridized carbons (Fsp3) is 1.00. The Morgan fingerprint density at radius 2 is 2.21 bits per heavy atom. The van der Waals surface area contributed by atoms with Crippen LogP contribution in [0, 0.1) is 0 Å². The molecule has 1 aliphatic rings. The zero-order valence-corrected chi connectivity index (χ0v) is 9.55. The van der Waals surface area contributed by atoms with Gasteiger partial charge in [0.05, 0.1) is 11.7 Å². The largest absolute Gasteiger partial charge is 0.391 e. The van der Waals surface area contributed by atoms with Gasteiger partial charge in [0.1, 0.15) is 0 Å². The summed E-state index contributed by atoms with van der Waals surface area (Å²) in [6.45, 7) is 7.79. The Morgan fingerprint density at radius 1 is 1.50 bits per heavy atom. The van der Waals surface area contributed by atoms with Crippen LogP contribution in [0.3, 0.4) is 0 Å². The van der Waals surface area contributed by atoms with Crippen LogP contribution in [0.25, 0.3) is 0 Å². The first kappa shape index (κ1) is 12.0. The molecular formula is C11H23NO2. The molecule has 84 valence electrons. The van der Waals surface area contributed by atoms with Gasteiger partial charge in [0.25, 0.3) is 0 Å². The van der Waals surface area contributed by atoms with Crippen LogP contribution in [0.2, 0.25) is 0 Å². The van der Waals surface area contributed by atoms with Crippen LogP contribution in [0.1, 0.15) is 40.0 Å². The predicted molar refractivity (Wildman–Crippen MR) is 57.4 cm³/mol. The molecule has 0 aromatic carbocycles. The first-order valence-corrected chi connectivity index (χ1v) is 5.54. The van der Waals surface area contributed by atoms with Crippen molar-refractivity contribution < 1.29 is 9.84 Å². The average molecular weight is 201 g/mol. The maximum absolute atomic E-state index is 9.80. The third-order valence-electron chi connectivity index (χ3n) is 2.51. The lowest BCUT2D eigenvalue weighted by Crippen LogP contribution is -2.36. The second kappa shape index (κ2) is 5.10. The van der Waals surface area contributed by atoms with Crippen molar-refractivity contribution in [3.8, 4) is 0 Å². The summed E-state index contributed by atoms with van der Waals surface area (Å²) >= 11 is 0. The van der Waals surface area contributed by atoms with Crippen LogP contribution < -0.4 is 5.32 Å². The van der Waals surface area contributed by atoms with Gasteiger partial charge in [-0.25, -0.2) is 0 Å². The van der Waals surface area contributed by atoms with Crippen LogP contribution in [-0.4, -0.2) is 36.0 Å². The molecule has 0 amide bonds. The maximum atomic E-state index is 9.80. The van der Waals surface area contributed by atoms with E-state index in [1.54, 1.807) is 0 Å². The van der Waals surface area contributed by atoms with Crippen molar-refractivity contribution >= 4 is 0 Å². The minimum atomic E-state index is -0.250. The molecule has 1 heterocycles. The SMILES string of the molecule is CC(C)(C)OCCC(O)C1CCCN1. The van der Waals surface area contributed by atoms with E-state index in [4.69, 9.17) is 4.74 Å². The number of hydrogen-bond donors (Lipinski definition) is 2. The third kappa shape index (κ3) is 4.40. The van der Waals surface area contributed by atoms with E-state index < -0.39 is 0 Å². The summed E-state index contributed by atoms with van der Waals surface area (Å²) in [5, 5.41) is 13.1. The highest BCUT2D eigenvalue weighted by Crippen LogP contribution is 2.13. The number of aliphatic hydroxyl groups excluding tert-OH is 1. The molecule has 2 unspecified atom stereocenters. The van der Waals surface area contributed by atoms with Crippen LogP contribution in [0.5, 0.6) is 0 Å². The molecule has 0 aliphatic carbocycles. The monoisotopic (exact) mass is 201 g/mol. The van der Waals surface area contributed by atoms with Gasteiger partial charge in [-0.1, -0.05) is 0 Å². The number of rotatable bonds is 4. The fourth-order valence-corrected chi connectivity index (χ4v) is 1.73. The van der Waals surface area contributed by atoms with E-state index in [-0.39, 0.29) is 11.7 Å². The lowest BCUT2D eigenvalue weighted by molar-refractivity contribution is -0.0219. The highest BCUT2D eigenvalue weighted by Gasteiger charge is 2.22. The molecule has 1 saturated heterocycles. The normalized spacial score (nSPS) is 25.3. The van der Waals surface area contributed by atoms with Gasteiger partial charge in [0, 0.05) is 12.6 Å². The predicted octanol–water partition coefficient (Wildman–Crippen LogP) is 1.30. The summed E-state index contributed by atoms with van der Waals surface area (Å²) in [6.07, 6.45) is 2.76. The van der Waals surface area contributed by atoms with E-state index in [1.165, 1.54) is 6.42 Å². The van der Waals surface area contributed by atoms with Crippen LogP contribution in [0.4, 0.5) is 0 Å². The van der Waals surface area contributed by atoms with Gasteiger partial charge in [0.15, 0.2) is 0 Å². The van der Waals surface area contributed by atoms with E-state index in [0.717, 1.165) is 19.4 Å². The highest BCUT2D eigenvalue weighted by atomic mass is 16.5. The molecule has 0 aromatic heterocycles. The zero-order valence-electron chi connectivity index (χ0n) is 9.55.